The molecule has 2 atom stereocenters. The molecule has 2 aliphatic rings. The molecule has 2 aliphatic carbocycles. The molecule has 0 radical (unpaired) electrons. The molecule has 3 heteroatoms. The Labute approximate surface area is 116 Å². The summed E-state index contributed by atoms with van der Waals surface area (Å²) in [6.07, 6.45) is 7.92. The molecule has 0 aromatic carbocycles. The Kier molecular flexibility index (Phi) is 4.61. The van der Waals surface area contributed by atoms with E-state index in [9.17, 15) is 0 Å². The predicted molar refractivity (Wildman–Crippen MR) is 75.2 cm³/mol. The lowest BCUT2D eigenvalue weighted by Crippen LogP contribution is -2.56. The van der Waals surface area contributed by atoms with Gasteiger partial charge in [0.1, 0.15) is 0 Å². The monoisotopic (exact) mass is 274 g/mol. The fourth-order valence-corrected chi connectivity index (χ4v) is 3.84. The highest BCUT2D eigenvalue weighted by Gasteiger charge is 2.54. The molecule has 2 fully saturated rings. The Morgan fingerprint density at radius 3 is 2.33 bits per heavy atom. The van der Waals surface area contributed by atoms with Crippen molar-refractivity contribution in [3.8, 4) is 0 Å². The Morgan fingerprint density at radius 2 is 1.78 bits per heavy atom. The molecule has 0 saturated heterocycles. The topological polar surface area (TPSA) is 18.5 Å². The highest BCUT2D eigenvalue weighted by atomic mass is 35.5. The summed E-state index contributed by atoms with van der Waals surface area (Å²) in [5.41, 5.74) is 0.224. The summed E-state index contributed by atoms with van der Waals surface area (Å²) in [4.78, 5) is 0. The molecule has 0 aromatic rings. The molecule has 0 N–H and O–H groups in total. The van der Waals surface area contributed by atoms with E-state index in [1.54, 1.807) is 0 Å². The first-order valence-corrected chi connectivity index (χ1v) is 7.77. The second-order valence-corrected chi connectivity index (χ2v) is 7.34. The molecule has 0 aromatic heterocycles. The van der Waals surface area contributed by atoms with Crippen molar-refractivity contribution in [1.29, 1.82) is 0 Å². The molecule has 0 aliphatic heterocycles. The Morgan fingerprint density at radius 1 is 1.11 bits per heavy atom. The molecule has 2 nitrogen and oxygen atoms in total. The first kappa shape index (κ1) is 14.6. The summed E-state index contributed by atoms with van der Waals surface area (Å²) in [7, 11) is 0. The smallest absolute Gasteiger partial charge is 0.0707 e. The molecule has 106 valence electrons. The molecule has 0 heterocycles. The molecule has 1 spiro atoms. The fraction of sp³-hybridized carbons (Fsp3) is 1.00. The van der Waals surface area contributed by atoms with Crippen LogP contribution in [0.15, 0.2) is 0 Å². The number of rotatable bonds is 4. The van der Waals surface area contributed by atoms with Crippen LogP contribution in [0.3, 0.4) is 0 Å². The summed E-state index contributed by atoms with van der Waals surface area (Å²) in [6.45, 7) is 7.62. The van der Waals surface area contributed by atoms with Gasteiger partial charge in [-0.1, -0.05) is 19.3 Å². The van der Waals surface area contributed by atoms with Gasteiger partial charge in [0, 0.05) is 10.8 Å². The van der Waals surface area contributed by atoms with Crippen LogP contribution >= 0.6 is 11.6 Å². The lowest BCUT2D eigenvalue weighted by Gasteiger charge is -2.55. The molecule has 2 unspecified atom stereocenters. The van der Waals surface area contributed by atoms with Crippen molar-refractivity contribution < 1.29 is 9.47 Å². The fourth-order valence-electron chi connectivity index (χ4n) is 3.32. The maximum absolute atomic E-state index is 6.45. The molecule has 0 amide bonds. The van der Waals surface area contributed by atoms with Crippen molar-refractivity contribution in [3.05, 3.63) is 0 Å². The average Bonchev–Trinajstić information content (AvgIpc) is 2.33. The van der Waals surface area contributed by atoms with Crippen molar-refractivity contribution in [1.82, 2.24) is 0 Å². The van der Waals surface area contributed by atoms with Gasteiger partial charge in [0.2, 0.25) is 0 Å². The van der Waals surface area contributed by atoms with E-state index in [0.29, 0.717) is 30.1 Å². The van der Waals surface area contributed by atoms with E-state index in [1.807, 2.05) is 0 Å². The van der Waals surface area contributed by atoms with E-state index in [1.165, 1.54) is 32.1 Å². The van der Waals surface area contributed by atoms with Crippen LogP contribution in [0.2, 0.25) is 0 Å². The van der Waals surface area contributed by atoms with Crippen LogP contribution in [-0.4, -0.2) is 30.3 Å². The lowest BCUT2D eigenvalue weighted by molar-refractivity contribution is -0.141. The molecule has 2 rings (SSSR count). The Hall–Kier alpha value is 0.210. The van der Waals surface area contributed by atoms with Crippen LogP contribution < -0.4 is 0 Å². The third kappa shape index (κ3) is 3.20. The van der Waals surface area contributed by atoms with Crippen LogP contribution in [-0.2, 0) is 9.47 Å². The molecule has 18 heavy (non-hydrogen) atoms. The molecule has 2 saturated carbocycles. The second kappa shape index (κ2) is 5.68. The summed E-state index contributed by atoms with van der Waals surface area (Å²) in [5.74, 6) is 0. The van der Waals surface area contributed by atoms with E-state index in [4.69, 9.17) is 21.1 Å². The van der Waals surface area contributed by atoms with Gasteiger partial charge in [-0.2, -0.15) is 0 Å². The van der Waals surface area contributed by atoms with Gasteiger partial charge in [0.15, 0.2) is 0 Å². The minimum atomic E-state index is -0.0689. The number of alkyl halides is 1. The second-order valence-electron chi connectivity index (χ2n) is 6.82. The van der Waals surface area contributed by atoms with Gasteiger partial charge < -0.3 is 9.47 Å². The maximum Gasteiger partial charge on any atom is 0.0707 e. The van der Waals surface area contributed by atoms with Crippen molar-refractivity contribution >= 4 is 11.6 Å². The van der Waals surface area contributed by atoms with Crippen molar-refractivity contribution in [3.63, 3.8) is 0 Å². The van der Waals surface area contributed by atoms with Gasteiger partial charge >= 0.3 is 0 Å². The number of ether oxygens (including phenoxy) is 2. The van der Waals surface area contributed by atoms with Crippen LogP contribution in [0, 0.1) is 5.41 Å². The zero-order valence-corrected chi connectivity index (χ0v) is 12.8. The minimum Gasteiger partial charge on any atom is -0.375 e. The normalized spacial score (nSPS) is 31.3. The Bertz CT molecular complexity index is 266. The van der Waals surface area contributed by atoms with Crippen molar-refractivity contribution in [2.75, 3.05) is 13.2 Å². The quantitative estimate of drug-likeness (QED) is 0.566. The SMILES string of the molecule is CC(C)(C)OCCOC1CC(Cl)C12CCCCC2. The van der Waals surface area contributed by atoms with Gasteiger partial charge in [0.05, 0.1) is 24.9 Å². The van der Waals surface area contributed by atoms with Crippen molar-refractivity contribution in [2.24, 2.45) is 5.41 Å². The summed E-state index contributed by atoms with van der Waals surface area (Å²) < 4.78 is 11.7. The van der Waals surface area contributed by atoms with Crippen LogP contribution in [0.4, 0.5) is 0 Å². The van der Waals surface area contributed by atoms with Gasteiger partial charge in [-0.25, -0.2) is 0 Å². The van der Waals surface area contributed by atoms with Gasteiger partial charge in [-0.05, 0) is 40.0 Å². The highest BCUT2D eigenvalue weighted by molar-refractivity contribution is 6.21. The first-order chi connectivity index (χ1) is 8.44. The molecular formula is C15H27ClO2. The van der Waals surface area contributed by atoms with Gasteiger partial charge in [-0.3, -0.25) is 0 Å². The number of hydrogen-bond acceptors (Lipinski definition) is 2. The standard InChI is InChI=1S/C15H27ClO2/c1-14(2,3)18-10-9-17-13-11-12(16)15(13)7-5-4-6-8-15/h12-13H,4-11H2,1-3H3. The van der Waals surface area contributed by atoms with Crippen LogP contribution in [0.1, 0.15) is 59.3 Å². The van der Waals surface area contributed by atoms with E-state index < -0.39 is 0 Å². The zero-order chi connectivity index (χ0) is 13.2. The van der Waals surface area contributed by atoms with E-state index in [0.717, 1.165) is 6.42 Å². The average molecular weight is 275 g/mol. The number of halogens is 1. The van der Waals surface area contributed by atoms with Gasteiger partial charge in [0.25, 0.3) is 0 Å². The largest absolute Gasteiger partial charge is 0.375 e. The third-order valence-corrected chi connectivity index (χ3v) is 5.02. The zero-order valence-electron chi connectivity index (χ0n) is 12.0. The molecular weight excluding hydrogens is 248 g/mol. The van der Waals surface area contributed by atoms with Crippen LogP contribution in [0.5, 0.6) is 0 Å². The summed E-state index contributed by atoms with van der Waals surface area (Å²) in [6, 6.07) is 0. The van der Waals surface area contributed by atoms with Gasteiger partial charge in [-0.15, -0.1) is 11.6 Å². The summed E-state index contributed by atoms with van der Waals surface area (Å²) >= 11 is 6.45. The highest BCUT2D eigenvalue weighted by Crippen LogP contribution is 2.55. The first-order valence-electron chi connectivity index (χ1n) is 7.34. The van der Waals surface area contributed by atoms with E-state index in [2.05, 4.69) is 20.8 Å². The lowest BCUT2D eigenvalue weighted by atomic mass is 9.58. The van der Waals surface area contributed by atoms with E-state index >= 15 is 0 Å². The minimum absolute atomic E-state index is 0.0689. The third-order valence-electron chi connectivity index (χ3n) is 4.41. The number of hydrogen-bond donors (Lipinski definition) is 0. The van der Waals surface area contributed by atoms with E-state index in [-0.39, 0.29) is 5.60 Å². The predicted octanol–water partition coefficient (Wildman–Crippen LogP) is 4.15. The van der Waals surface area contributed by atoms with Crippen LogP contribution in [0.25, 0.3) is 0 Å². The molecule has 0 bridgehead atoms. The van der Waals surface area contributed by atoms with Crippen molar-refractivity contribution in [2.45, 2.75) is 76.4 Å². The Balaban J connectivity index is 1.73. The maximum atomic E-state index is 6.45. The summed E-state index contributed by atoms with van der Waals surface area (Å²) in [5, 5.41) is 0.339.